The monoisotopic (exact) mass is 1080 g/mol. The number of anilines is 2. The number of benzene rings is 2. The van der Waals surface area contributed by atoms with E-state index in [-0.39, 0.29) is 59.5 Å². The molecule has 6 aromatic rings. The number of carbonyl (C=O) groups excluding carboxylic acids is 5. The van der Waals surface area contributed by atoms with Crippen LogP contribution in [0, 0.1) is 30.0 Å². The minimum absolute atomic E-state index is 0.0806. The Morgan fingerprint density at radius 3 is 2.15 bits per heavy atom. The molecule has 1 unspecified atom stereocenters. The molecule has 2 aromatic carbocycles. The summed E-state index contributed by atoms with van der Waals surface area (Å²) in [5, 5.41) is 26.9. The summed E-state index contributed by atoms with van der Waals surface area (Å²) in [5.41, 5.74) is 7.76. The van der Waals surface area contributed by atoms with E-state index in [1.165, 1.54) is 6.07 Å². The van der Waals surface area contributed by atoms with Crippen molar-refractivity contribution in [2.45, 2.75) is 149 Å². The van der Waals surface area contributed by atoms with Crippen molar-refractivity contribution < 1.29 is 33.5 Å². The number of ketones is 1. The molecule has 17 nitrogen and oxygen atoms in total. The lowest BCUT2D eigenvalue weighted by Gasteiger charge is -2.35. The van der Waals surface area contributed by atoms with E-state index in [1.54, 1.807) is 47.0 Å². The summed E-state index contributed by atoms with van der Waals surface area (Å²) in [4.78, 5) is 86.2. The molecule has 2 saturated carbocycles. The van der Waals surface area contributed by atoms with Crippen molar-refractivity contribution in [2.24, 2.45) is 17.3 Å². The van der Waals surface area contributed by atoms with Gasteiger partial charge in [0, 0.05) is 74.4 Å². The molecule has 1 aliphatic heterocycles. The van der Waals surface area contributed by atoms with E-state index < -0.39 is 35.2 Å². The van der Waals surface area contributed by atoms with Crippen LogP contribution in [0.2, 0.25) is 0 Å². The zero-order valence-corrected chi connectivity index (χ0v) is 46.3. The van der Waals surface area contributed by atoms with Gasteiger partial charge in [-0.2, -0.15) is 5.10 Å². The number of amides is 4. The number of carbonyl (C=O) groups is 5. The van der Waals surface area contributed by atoms with Gasteiger partial charge < -0.3 is 30.9 Å². The number of aromatic amines is 1. The number of hydrogen-bond donors (Lipinski definition) is 5. The Morgan fingerprint density at radius 2 is 1.51 bits per heavy atom. The van der Waals surface area contributed by atoms with Crippen LogP contribution in [0.3, 0.4) is 0 Å². The standard InChI is InChI=1S/C59H74FN11O6S/c1-36(38-16-20-40(21-17-38)53-37(2)62-35-78-53)65-57(76)45-30-43(72)29-44(45)52(75)54(59(3,4)5)68-50(73)14-12-10-8-6-7-9-11-13-15-51(74)69-24-26-70(27-25-69)58(77)41-22-23-47(46(60)28-41)66-55-56-61-33-49(42-31-63-64-32-42)71(56)34-48(67-55)39-18-19-39/h16-17,20-23,28,31-36,39,43-45,54,72H,6-15,18-19,24-27,29-30H2,1-5H3,(H,63,64)(H,65,76)(H,66,67)(H,68,73)/t36-,43-,44?,45+,54+/m0/s1. The first-order chi connectivity index (χ1) is 37.5. The number of rotatable bonds is 23. The first kappa shape index (κ1) is 55.9. The van der Waals surface area contributed by atoms with Crippen LogP contribution in [0.25, 0.3) is 27.3 Å². The number of piperazine rings is 1. The van der Waals surface area contributed by atoms with E-state index in [2.05, 4.69) is 36.1 Å². The molecule has 0 radical (unpaired) electrons. The minimum Gasteiger partial charge on any atom is -0.393 e. The molecule has 0 spiro atoms. The number of unbranched alkanes of at least 4 members (excludes halogenated alkanes) is 7. The summed E-state index contributed by atoms with van der Waals surface area (Å²) in [6.07, 6.45) is 17.0. The maximum absolute atomic E-state index is 15.7. The number of aliphatic hydroxyl groups excluding tert-OH is 1. The largest absolute Gasteiger partial charge is 0.393 e. The summed E-state index contributed by atoms with van der Waals surface area (Å²) in [6.45, 7) is 11.2. The number of fused-ring (bicyclic) bond motifs is 1. The Balaban J connectivity index is 0.641. The fourth-order valence-corrected chi connectivity index (χ4v) is 11.8. The van der Waals surface area contributed by atoms with Crippen LogP contribution in [-0.2, 0) is 19.2 Å². The molecule has 9 rings (SSSR count). The SMILES string of the molecule is Cc1ncsc1-c1ccc([C@H](C)NC(=O)[C@@H]2C[C@@H](O)CC2C(=O)[C@@H](NC(=O)CCCCCCCCCCC(=O)N2CCN(C(=O)c3ccc(Nc4nc(C5CC5)cn5c(-c6cn[nH]c6)cnc45)c(F)c3)CC2)C(C)(C)C)cc1. The predicted molar refractivity (Wildman–Crippen MR) is 298 cm³/mol. The average molecular weight is 1080 g/mol. The van der Waals surface area contributed by atoms with Crippen molar-refractivity contribution in [3.8, 4) is 21.7 Å². The van der Waals surface area contributed by atoms with E-state index in [0.717, 1.165) is 96.4 Å². The number of H-pyrrole nitrogens is 1. The number of aliphatic hydroxyl groups is 1. The number of Topliss-reactive ketones (excluding diaryl/α,β-unsaturated/α-hetero) is 1. The third kappa shape index (κ3) is 13.5. The van der Waals surface area contributed by atoms with Gasteiger partial charge in [0.25, 0.3) is 5.91 Å². The molecule has 4 aromatic heterocycles. The van der Waals surface area contributed by atoms with E-state index >= 15 is 4.39 Å². The fraction of sp³-hybridized carbons (Fsp3) is 0.508. The van der Waals surface area contributed by atoms with Crippen molar-refractivity contribution in [1.29, 1.82) is 0 Å². The topological polar surface area (TPSA) is 220 Å². The van der Waals surface area contributed by atoms with Crippen molar-refractivity contribution in [2.75, 3.05) is 31.5 Å². The number of hydrogen-bond acceptors (Lipinski definition) is 12. The lowest BCUT2D eigenvalue weighted by molar-refractivity contribution is -0.137. The second kappa shape index (κ2) is 24.9. The van der Waals surface area contributed by atoms with Crippen molar-refractivity contribution in [1.82, 2.24) is 50.0 Å². The normalized spacial score (nSPS) is 18.5. The number of thiazole rings is 1. The Labute approximate surface area is 459 Å². The molecular formula is C59H74FN11O6S. The maximum atomic E-state index is 15.7. The molecule has 5 heterocycles. The first-order valence-electron chi connectivity index (χ1n) is 27.8. The number of nitrogens with zero attached hydrogens (tertiary/aromatic N) is 7. The second-order valence-electron chi connectivity index (χ2n) is 22.7. The van der Waals surface area contributed by atoms with Gasteiger partial charge in [0.1, 0.15) is 5.82 Å². The Kier molecular flexibility index (Phi) is 17.8. The van der Waals surface area contributed by atoms with Gasteiger partial charge in [-0.1, -0.05) is 83.6 Å². The molecule has 78 heavy (non-hydrogen) atoms. The number of aryl methyl sites for hydroxylation is 1. The van der Waals surface area contributed by atoms with Crippen LogP contribution in [0.1, 0.15) is 157 Å². The van der Waals surface area contributed by atoms with Crippen LogP contribution in [0.5, 0.6) is 0 Å². The highest BCUT2D eigenvalue weighted by Gasteiger charge is 2.47. The van der Waals surface area contributed by atoms with Gasteiger partial charge in [0.05, 0.1) is 69.7 Å². The van der Waals surface area contributed by atoms with Crippen LogP contribution in [-0.4, -0.2) is 112 Å². The van der Waals surface area contributed by atoms with Gasteiger partial charge in [-0.25, -0.2) is 19.3 Å². The highest BCUT2D eigenvalue weighted by molar-refractivity contribution is 7.13. The number of aromatic nitrogens is 6. The Bertz CT molecular complexity index is 3070. The summed E-state index contributed by atoms with van der Waals surface area (Å²) < 4.78 is 17.6. The molecular weight excluding hydrogens is 1010 g/mol. The van der Waals surface area contributed by atoms with Gasteiger partial charge in [-0.15, -0.1) is 11.3 Å². The van der Waals surface area contributed by atoms with Crippen molar-refractivity contribution >= 4 is 57.9 Å². The van der Waals surface area contributed by atoms with Crippen LogP contribution < -0.4 is 16.0 Å². The third-order valence-corrected chi connectivity index (χ3v) is 16.7. The molecule has 5 N–H and O–H groups in total. The van der Waals surface area contributed by atoms with Gasteiger partial charge in [-0.05, 0) is 87.1 Å². The highest BCUT2D eigenvalue weighted by Crippen LogP contribution is 2.41. The highest BCUT2D eigenvalue weighted by atomic mass is 32.1. The minimum atomic E-state index is -0.805. The lowest BCUT2D eigenvalue weighted by atomic mass is 9.77. The number of halogens is 1. The van der Waals surface area contributed by atoms with Gasteiger partial charge >= 0.3 is 0 Å². The van der Waals surface area contributed by atoms with E-state index in [1.807, 2.05) is 79.9 Å². The van der Waals surface area contributed by atoms with Gasteiger partial charge in [0.2, 0.25) is 17.7 Å². The predicted octanol–water partition coefficient (Wildman–Crippen LogP) is 9.86. The molecule has 5 atom stereocenters. The van der Waals surface area contributed by atoms with Crippen LogP contribution in [0.15, 0.2) is 72.8 Å². The lowest BCUT2D eigenvalue weighted by Crippen LogP contribution is -2.52. The molecule has 3 aliphatic rings. The van der Waals surface area contributed by atoms with E-state index in [9.17, 15) is 29.1 Å². The molecule has 1 saturated heterocycles. The second-order valence-corrected chi connectivity index (χ2v) is 23.5. The fourth-order valence-electron chi connectivity index (χ4n) is 11.0. The summed E-state index contributed by atoms with van der Waals surface area (Å²) in [6, 6.07) is 11.3. The molecule has 0 bridgehead atoms. The van der Waals surface area contributed by atoms with Crippen molar-refractivity contribution in [3.05, 3.63) is 101 Å². The third-order valence-electron chi connectivity index (χ3n) is 15.7. The molecule has 19 heteroatoms. The first-order valence-corrected chi connectivity index (χ1v) is 28.7. The molecule has 4 amide bonds. The number of imidazole rings is 1. The zero-order chi connectivity index (χ0) is 55.1. The molecule has 3 fully saturated rings. The maximum Gasteiger partial charge on any atom is 0.254 e. The summed E-state index contributed by atoms with van der Waals surface area (Å²) in [5.74, 6) is -2.11. The van der Waals surface area contributed by atoms with Crippen molar-refractivity contribution in [3.63, 3.8) is 0 Å². The average Bonchev–Trinajstić information content (AvgIpc) is 3.86. The van der Waals surface area contributed by atoms with Crippen LogP contribution >= 0.6 is 11.3 Å². The van der Waals surface area contributed by atoms with E-state index in [0.29, 0.717) is 62.8 Å². The van der Waals surface area contributed by atoms with E-state index in [4.69, 9.17) is 4.98 Å². The quantitative estimate of drug-likeness (QED) is 0.0380. The van der Waals surface area contributed by atoms with Gasteiger partial charge in [-0.3, -0.25) is 33.5 Å². The zero-order valence-electron chi connectivity index (χ0n) is 45.5. The number of nitrogens with one attached hydrogen (secondary N) is 4. The molecule has 414 valence electrons. The Hall–Kier alpha value is -6.86. The smallest absolute Gasteiger partial charge is 0.254 e. The Morgan fingerprint density at radius 1 is 0.833 bits per heavy atom. The summed E-state index contributed by atoms with van der Waals surface area (Å²) in [7, 11) is 0. The van der Waals surface area contributed by atoms with Crippen LogP contribution in [0.4, 0.5) is 15.9 Å². The van der Waals surface area contributed by atoms with Gasteiger partial charge in [0.15, 0.2) is 17.2 Å². The molecule has 2 aliphatic carbocycles. The summed E-state index contributed by atoms with van der Waals surface area (Å²) >= 11 is 1.58.